The Labute approximate surface area is 666 Å². The third-order valence-corrected chi connectivity index (χ3v) is 14.4. The number of carboxylic acids is 4. The largest absolute Gasteiger partial charge is 0.481 e. The molecule has 0 fully saturated rings. The van der Waals surface area contributed by atoms with Crippen LogP contribution in [0.25, 0.3) is 0 Å². The Morgan fingerprint density at radius 2 is 0.400 bits per heavy atom. The molecule has 644 valence electrons. The van der Waals surface area contributed by atoms with Gasteiger partial charge >= 0.3 is 59.7 Å². The average molecular weight is 1570 g/mol. The zero-order valence-corrected chi connectivity index (χ0v) is 72.3. The van der Waals surface area contributed by atoms with Gasteiger partial charge in [0.1, 0.15) is 36.6 Å². The van der Waals surface area contributed by atoms with Crippen LogP contribution in [0, 0.1) is 0 Å². The summed E-state index contributed by atoms with van der Waals surface area (Å²) in [6, 6.07) is 0. The summed E-state index contributed by atoms with van der Waals surface area (Å²) in [5.74, 6) is -4.41. The molecular weight excluding hydrogens is 1410 g/mol. The highest BCUT2D eigenvalue weighted by atomic mass is 16.6. The highest BCUT2D eigenvalue weighted by Gasteiger charge is 2.16. The maximum Gasteiger partial charge on any atom is 0.309 e. The molecule has 0 heterocycles. The van der Waals surface area contributed by atoms with Gasteiger partial charge in [-0.1, -0.05) is 243 Å². The number of aliphatic hydroxyl groups is 2. The Morgan fingerprint density at radius 3 is 0.527 bits per heavy atom. The van der Waals surface area contributed by atoms with Gasteiger partial charge in [0.2, 0.25) is 0 Å². The first-order valence-corrected chi connectivity index (χ1v) is 40.6. The summed E-state index contributed by atoms with van der Waals surface area (Å²) in [5.41, 5.74) is 5.03. The van der Waals surface area contributed by atoms with Gasteiger partial charge < -0.3 is 64.8 Å². The van der Waals surface area contributed by atoms with Gasteiger partial charge in [0.05, 0.1) is 76.4 Å². The third kappa shape index (κ3) is 116. The Kier molecular flexibility index (Phi) is 114. The van der Waals surface area contributed by atoms with Gasteiger partial charge in [-0.15, -0.1) is 0 Å². The van der Waals surface area contributed by atoms with Crippen LogP contribution in [-0.2, 0) is 76.4 Å². The molecule has 8 N–H and O–H groups in total. The highest BCUT2D eigenvalue weighted by Crippen LogP contribution is 2.10. The summed E-state index contributed by atoms with van der Waals surface area (Å²) < 4.78 is 31.0. The van der Waals surface area contributed by atoms with Crippen LogP contribution in [0.5, 0.6) is 0 Å². The van der Waals surface area contributed by atoms with E-state index in [0.717, 1.165) is 122 Å². The molecule has 0 aliphatic carbocycles. The number of hydrogen-bond donors (Lipinski definition) is 7. The minimum atomic E-state index is -0.946. The number of carboxylic acid groups (broad SMARTS) is 4. The first kappa shape index (κ1) is 123. The molecule has 0 amide bonds. The molecular formula is C87H159NO22. The van der Waals surface area contributed by atoms with E-state index in [-0.39, 0.29) is 105 Å². The molecule has 0 aromatic heterocycles. The topological polar surface area (TPSA) is 373 Å². The summed E-state index contributed by atoms with van der Waals surface area (Å²) in [6.45, 7) is 42.4. The molecule has 0 aromatic rings. The molecule has 0 spiro atoms. The summed E-state index contributed by atoms with van der Waals surface area (Å²) in [7, 11) is 0. The summed E-state index contributed by atoms with van der Waals surface area (Å²) in [6.07, 6.45) is 49.4. The zero-order valence-electron chi connectivity index (χ0n) is 72.3. The number of carbonyl (C=O) groups excluding carboxylic acids is 6. The second-order valence-electron chi connectivity index (χ2n) is 24.2. The van der Waals surface area contributed by atoms with Crippen molar-refractivity contribution < 1.29 is 107 Å². The van der Waals surface area contributed by atoms with E-state index in [1.807, 2.05) is 204 Å². The first-order valence-electron chi connectivity index (χ1n) is 40.6. The maximum absolute atomic E-state index is 11.2. The van der Waals surface area contributed by atoms with Gasteiger partial charge in [-0.2, -0.15) is 0 Å². The number of aliphatic carboxylic acids is 4. The number of allylic oxidation sites excluding steroid dienone is 7. The normalized spacial score (nSPS) is 11.3. The second kappa shape index (κ2) is 102. The van der Waals surface area contributed by atoms with Crippen LogP contribution in [-0.4, -0.2) is 146 Å². The number of rotatable bonds is 48. The van der Waals surface area contributed by atoms with Crippen LogP contribution in [0.15, 0.2) is 97.2 Å². The van der Waals surface area contributed by atoms with Gasteiger partial charge in [-0.3, -0.25) is 47.9 Å². The van der Waals surface area contributed by atoms with Gasteiger partial charge in [-0.25, -0.2) is 0 Å². The Morgan fingerprint density at radius 1 is 0.227 bits per heavy atom. The molecule has 110 heavy (non-hydrogen) atoms. The fraction of sp³-hybridized carbons (Fsp3) is 0.701. The quantitative estimate of drug-likeness (QED) is 0.0169. The number of esters is 6. The average Bonchev–Trinajstić information content (AvgIpc) is 0.892. The van der Waals surface area contributed by atoms with E-state index in [9.17, 15) is 47.9 Å². The summed E-state index contributed by atoms with van der Waals surface area (Å²) >= 11 is 0. The van der Waals surface area contributed by atoms with Crippen molar-refractivity contribution in [1.29, 1.82) is 0 Å². The zero-order chi connectivity index (χ0) is 86.6. The van der Waals surface area contributed by atoms with Crippen molar-refractivity contribution in [2.24, 2.45) is 5.73 Å². The van der Waals surface area contributed by atoms with Crippen LogP contribution in [0.4, 0.5) is 0 Å². The molecule has 23 heteroatoms. The fourth-order valence-corrected chi connectivity index (χ4v) is 7.49. The number of aliphatic hydroxyl groups excluding tert-OH is 2. The van der Waals surface area contributed by atoms with Crippen LogP contribution in [0.2, 0.25) is 0 Å². The first-order chi connectivity index (χ1) is 52.3. The fourth-order valence-electron chi connectivity index (χ4n) is 7.49. The van der Waals surface area contributed by atoms with Gasteiger partial charge in [0, 0.05) is 6.54 Å². The molecule has 2 unspecified atom stereocenters. The van der Waals surface area contributed by atoms with E-state index in [4.69, 9.17) is 64.8 Å². The molecule has 0 aromatic carbocycles. The number of carbonyl (C=O) groups is 10. The molecule has 0 saturated heterocycles. The van der Waals surface area contributed by atoms with E-state index in [1.165, 1.54) is 6.08 Å². The van der Waals surface area contributed by atoms with Crippen molar-refractivity contribution in [2.75, 3.05) is 6.54 Å². The molecule has 23 nitrogen and oxygen atoms in total. The van der Waals surface area contributed by atoms with E-state index < -0.39 is 36.1 Å². The maximum atomic E-state index is 11.2. The van der Waals surface area contributed by atoms with E-state index in [2.05, 4.69) is 0 Å². The Balaban J connectivity index is -0.000000127. The number of ether oxygens (including phenoxy) is 6. The summed E-state index contributed by atoms with van der Waals surface area (Å²) in [5, 5.41) is 50.0. The van der Waals surface area contributed by atoms with Crippen LogP contribution in [0.1, 0.15) is 344 Å². The van der Waals surface area contributed by atoms with Crippen molar-refractivity contribution in [3.8, 4) is 0 Å². The lowest BCUT2D eigenvalue weighted by molar-refractivity contribution is -0.153. The monoisotopic (exact) mass is 1570 g/mol. The minimum absolute atomic E-state index is 0.0648. The lowest BCUT2D eigenvalue weighted by atomic mass is 10.2. The predicted octanol–water partition coefficient (Wildman–Crippen LogP) is 20.3. The van der Waals surface area contributed by atoms with E-state index >= 15 is 0 Å². The van der Waals surface area contributed by atoms with E-state index in [1.54, 1.807) is 32.1 Å². The van der Waals surface area contributed by atoms with Crippen molar-refractivity contribution >= 4 is 59.7 Å². The smallest absolute Gasteiger partial charge is 0.309 e. The van der Waals surface area contributed by atoms with Gasteiger partial charge in [0.25, 0.3) is 0 Å². The standard InChI is InChI=1S/C11H18O4.5C11H20O2.C6H10O2.C5H9NO2.C5H10O3.C5H12O/c1-3-5-6-7-11(14)15-9(4-2)8-10(12)13;5*1-4-7-8-9-11(12)13-10(5-2)6-3;1-2-3-4-5-6(7)8;6-4-2-1-3-5(7)8;1-2-4(6)3-5(7)8;1-3-5(6)4-2/h5-6,9H,3-4,7-8H2,1-2H3,(H,12,13);5*7-8,10H,4-6,9H2,1-3H3;3-4H,2,5H2,1H3,(H,7,8);1-2H,3-4,6H2,(H,7,8);4,6H,2-3H2,1H3,(H,7,8);5-6H,3-4H2,1-2H3/b6-5+;5*8-7+;4-3+;2-1+;;. The van der Waals surface area contributed by atoms with Crippen molar-refractivity contribution in [3.63, 3.8) is 0 Å². The molecule has 2 atom stereocenters. The molecule has 0 radical (unpaired) electrons. The van der Waals surface area contributed by atoms with Gasteiger partial charge in [-0.05, 0) is 135 Å². The highest BCUT2D eigenvalue weighted by molar-refractivity contribution is 5.74. The molecule has 0 aliphatic heterocycles. The second-order valence-corrected chi connectivity index (χ2v) is 24.2. The van der Waals surface area contributed by atoms with E-state index in [0.29, 0.717) is 51.5 Å². The SMILES string of the molecule is CC/C=C/CC(=O)O.CC/C=C/CC(=O)OC(CC)CC.CC/C=C/CC(=O)OC(CC)CC.CC/C=C/CC(=O)OC(CC)CC.CC/C=C/CC(=O)OC(CC)CC.CC/C=C/CC(=O)OC(CC)CC.CC/C=C/CC(=O)OC(CC)CC(=O)O.CCC(O)CC.CCC(O)CC(=O)O.NC/C=C/CC(=O)O. The molecule has 0 saturated carbocycles. The van der Waals surface area contributed by atoms with Crippen molar-refractivity contribution in [1.82, 2.24) is 0 Å². The Hall–Kier alpha value is -7.50. The van der Waals surface area contributed by atoms with Gasteiger partial charge in [0.15, 0.2) is 0 Å². The third-order valence-electron chi connectivity index (χ3n) is 14.4. The number of nitrogens with two attached hydrogens (primary N) is 1. The lowest BCUT2D eigenvalue weighted by Crippen LogP contribution is -2.20. The minimum Gasteiger partial charge on any atom is -0.481 e. The molecule has 0 rings (SSSR count). The molecule has 0 bridgehead atoms. The summed E-state index contributed by atoms with van der Waals surface area (Å²) in [4.78, 5) is 107. The Bertz CT molecular complexity index is 2120. The van der Waals surface area contributed by atoms with Crippen LogP contribution in [0.3, 0.4) is 0 Å². The van der Waals surface area contributed by atoms with Crippen molar-refractivity contribution in [3.05, 3.63) is 97.2 Å². The van der Waals surface area contributed by atoms with Crippen LogP contribution >= 0.6 is 0 Å². The molecule has 0 aliphatic rings. The lowest BCUT2D eigenvalue weighted by Gasteiger charge is -2.12. The number of hydrogen-bond acceptors (Lipinski definition) is 19. The van der Waals surface area contributed by atoms with Crippen molar-refractivity contribution in [2.45, 2.75) is 393 Å². The predicted molar refractivity (Wildman–Crippen MR) is 446 cm³/mol. The van der Waals surface area contributed by atoms with Crippen LogP contribution < -0.4 is 5.73 Å².